The van der Waals surface area contributed by atoms with E-state index in [1.54, 1.807) is 0 Å². The van der Waals surface area contributed by atoms with Gasteiger partial charge in [0.1, 0.15) is 0 Å². The molecular formula is C27H49P2+. The van der Waals surface area contributed by atoms with Crippen molar-refractivity contribution in [3.8, 4) is 0 Å². The summed E-state index contributed by atoms with van der Waals surface area (Å²) in [6.45, 7) is 38.4. The fraction of sp³-hybridized carbons (Fsp3) is 0.741. The summed E-state index contributed by atoms with van der Waals surface area (Å²) in [6, 6.07) is 0. The zero-order valence-electron chi connectivity index (χ0n) is 22.1. The van der Waals surface area contributed by atoms with Crippen molar-refractivity contribution < 1.29 is 0 Å². The number of allylic oxidation sites excluding steroid dienone is 5. The van der Waals surface area contributed by atoms with Gasteiger partial charge in [0, 0.05) is 18.7 Å². The van der Waals surface area contributed by atoms with Gasteiger partial charge in [-0.1, -0.05) is 106 Å². The molecular weight excluding hydrogens is 386 g/mol. The lowest BCUT2D eigenvalue weighted by Gasteiger charge is -2.43. The van der Waals surface area contributed by atoms with Gasteiger partial charge in [-0.05, 0) is 34.5 Å². The van der Waals surface area contributed by atoms with Gasteiger partial charge in [0.15, 0.2) is 0 Å². The highest BCUT2D eigenvalue weighted by Crippen LogP contribution is 2.63. The lowest BCUT2D eigenvalue weighted by molar-refractivity contribution is 0.705. The van der Waals surface area contributed by atoms with Crippen LogP contribution in [0, 0.1) is 6.42 Å². The summed E-state index contributed by atoms with van der Waals surface area (Å²) in [5, 5.41) is 1.34. The summed E-state index contributed by atoms with van der Waals surface area (Å²) < 4.78 is 0. The number of hydrogen-bond acceptors (Lipinski definition) is 0. The van der Waals surface area contributed by atoms with Gasteiger partial charge in [-0.3, -0.25) is 0 Å². The Morgan fingerprint density at radius 2 is 0.828 bits per heavy atom. The molecule has 0 aliphatic heterocycles. The van der Waals surface area contributed by atoms with Crippen molar-refractivity contribution in [3.63, 3.8) is 0 Å². The van der Waals surface area contributed by atoms with Crippen molar-refractivity contribution in [1.29, 1.82) is 0 Å². The van der Waals surface area contributed by atoms with Crippen molar-refractivity contribution in [1.82, 2.24) is 0 Å². The average Bonchev–Trinajstić information content (AvgIpc) is 2.40. The van der Waals surface area contributed by atoms with Crippen molar-refractivity contribution in [2.75, 3.05) is 12.3 Å². The van der Waals surface area contributed by atoms with Crippen LogP contribution in [-0.2, 0) is 0 Å². The van der Waals surface area contributed by atoms with Gasteiger partial charge >= 0.3 is 0 Å². The zero-order valence-corrected chi connectivity index (χ0v) is 23.9. The van der Waals surface area contributed by atoms with Crippen LogP contribution in [0.1, 0.15) is 96.9 Å². The van der Waals surface area contributed by atoms with Crippen LogP contribution in [0.2, 0.25) is 0 Å². The molecule has 0 unspecified atom stereocenters. The van der Waals surface area contributed by atoms with E-state index in [4.69, 9.17) is 6.58 Å². The molecule has 0 heterocycles. The Hall–Kier alpha value is -0.0500. The smallest absolute Gasteiger partial charge is 0.0776 e. The second kappa shape index (κ2) is 8.83. The van der Waals surface area contributed by atoms with E-state index in [1.807, 2.05) is 0 Å². The van der Waals surface area contributed by atoms with Gasteiger partial charge in [-0.25, -0.2) is 0 Å². The maximum Gasteiger partial charge on any atom is 0.0839 e. The zero-order chi connectivity index (χ0) is 23.2. The quantitative estimate of drug-likeness (QED) is 0.304. The molecule has 0 radical (unpaired) electrons. The lowest BCUT2D eigenvalue weighted by Crippen LogP contribution is -2.29. The normalized spacial score (nSPS) is 17.6. The molecule has 0 saturated carbocycles. The van der Waals surface area contributed by atoms with Crippen molar-refractivity contribution in [3.05, 3.63) is 40.9 Å². The molecule has 0 fully saturated rings. The van der Waals surface area contributed by atoms with Crippen molar-refractivity contribution >= 4 is 15.8 Å². The van der Waals surface area contributed by atoms with Crippen LogP contribution < -0.4 is 0 Å². The summed E-state index contributed by atoms with van der Waals surface area (Å²) in [5.41, 5.74) is 7.27. The molecule has 2 heteroatoms. The molecule has 1 rings (SSSR count). The van der Waals surface area contributed by atoms with E-state index in [1.165, 1.54) is 40.2 Å². The molecule has 0 bridgehead atoms. The van der Waals surface area contributed by atoms with Crippen LogP contribution in [0.5, 0.6) is 0 Å². The number of hydrogen-bond donors (Lipinski definition) is 0. The average molecular weight is 436 g/mol. The lowest BCUT2D eigenvalue weighted by atomic mass is 9.85. The van der Waals surface area contributed by atoms with Gasteiger partial charge in [-0.2, -0.15) is 0 Å². The van der Waals surface area contributed by atoms with Crippen LogP contribution in [-0.4, -0.2) is 32.9 Å². The first kappa shape index (κ1) is 27.0. The molecule has 0 N–H and O–H groups in total. The maximum absolute atomic E-state index is 4.70. The molecule has 0 aromatic carbocycles. The third-order valence-corrected chi connectivity index (χ3v) is 13.7. The van der Waals surface area contributed by atoms with Crippen molar-refractivity contribution in [2.45, 2.75) is 118 Å². The van der Waals surface area contributed by atoms with E-state index >= 15 is 0 Å². The van der Waals surface area contributed by atoms with E-state index in [-0.39, 0.29) is 15.8 Å². The minimum Gasteiger partial charge on any atom is -0.0776 e. The summed E-state index contributed by atoms with van der Waals surface area (Å²) in [4.78, 5) is 0. The van der Waals surface area contributed by atoms with E-state index in [9.17, 15) is 0 Å². The van der Waals surface area contributed by atoms with E-state index in [0.29, 0.717) is 20.6 Å². The fourth-order valence-corrected chi connectivity index (χ4v) is 12.3. The summed E-state index contributed by atoms with van der Waals surface area (Å²) in [6.07, 6.45) is 4.81. The third-order valence-electron chi connectivity index (χ3n) is 5.99. The second-order valence-electron chi connectivity index (χ2n) is 12.8. The van der Waals surface area contributed by atoms with Gasteiger partial charge in [-0.15, -0.1) is 0 Å². The van der Waals surface area contributed by atoms with Crippen LogP contribution >= 0.6 is 15.8 Å². The highest BCUT2D eigenvalue weighted by Gasteiger charge is 2.42. The standard InChI is InChI=1S/C27H49P2/c1-19-16-20(2)23(18-29(26(10,11)12)27(13,14)15)21(3)22(19)17-28(24(4,5)6)25(7,8)9/h16H,3,17-18H2,1-2,4-15H3/q+1. The Kier molecular flexibility index (Phi) is 8.22. The summed E-state index contributed by atoms with van der Waals surface area (Å²) >= 11 is 0. The Balaban J connectivity index is 3.31. The van der Waals surface area contributed by atoms with Gasteiger partial charge in [0.05, 0.1) is 27.9 Å². The Bertz CT molecular complexity index is 590. The van der Waals surface area contributed by atoms with Crippen molar-refractivity contribution in [2.24, 2.45) is 0 Å². The van der Waals surface area contributed by atoms with E-state index < -0.39 is 0 Å². The van der Waals surface area contributed by atoms with Crippen LogP contribution in [0.25, 0.3) is 0 Å². The monoisotopic (exact) mass is 435 g/mol. The SMILES string of the molecule is C=C1C(CP(C(C)(C)C)C(C)(C)C)=C(C)[CH+]C(C)=C1CP(C(C)(C)C)C(C)(C)C. The molecule has 0 atom stereocenters. The minimum atomic E-state index is -0.174. The third kappa shape index (κ3) is 6.97. The van der Waals surface area contributed by atoms with Crippen LogP contribution in [0.4, 0.5) is 0 Å². The molecule has 0 nitrogen and oxygen atoms in total. The van der Waals surface area contributed by atoms with Crippen LogP contribution in [0.15, 0.2) is 34.4 Å². The molecule has 29 heavy (non-hydrogen) atoms. The minimum absolute atomic E-state index is 0.174. The largest absolute Gasteiger partial charge is 0.0839 e. The Morgan fingerprint density at radius 3 is 1.03 bits per heavy atom. The Morgan fingerprint density at radius 1 is 0.586 bits per heavy atom. The van der Waals surface area contributed by atoms with E-state index in [2.05, 4.69) is 103 Å². The van der Waals surface area contributed by atoms with Gasteiger partial charge in [0.2, 0.25) is 0 Å². The second-order valence-corrected chi connectivity index (χ2v) is 20.5. The predicted molar refractivity (Wildman–Crippen MR) is 141 cm³/mol. The van der Waals surface area contributed by atoms with Crippen LogP contribution in [0.3, 0.4) is 0 Å². The molecule has 0 aromatic rings. The molecule has 0 saturated heterocycles. The first-order valence-corrected chi connectivity index (χ1v) is 14.2. The highest BCUT2D eigenvalue weighted by molar-refractivity contribution is 7.61. The first-order valence-electron chi connectivity index (χ1n) is 11.2. The number of rotatable bonds is 4. The van der Waals surface area contributed by atoms with Gasteiger partial charge in [0.25, 0.3) is 0 Å². The van der Waals surface area contributed by atoms with E-state index in [0.717, 1.165) is 0 Å². The molecule has 1 aliphatic rings. The summed E-state index contributed by atoms with van der Waals surface area (Å²) in [7, 11) is -0.347. The predicted octanol–water partition coefficient (Wildman–Crippen LogP) is 9.55. The molecule has 1 aliphatic carbocycles. The first-order chi connectivity index (χ1) is 12.7. The highest BCUT2D eigenvalue weighted by atomic mass is 31.1. The molecule has 166 valence electrons. The summed E-state index contributed by atoms with van der Waals surface area (Å²) in [5.74, 6) is 0. The fourth-order valence-electron chi connectivity index (χ4n) is 4.87. The Labute approximate surface area is 186 Å². The molecule has 0 amide bonds. The molecule has 0 spiro atoms. The maximum atomic E-state index is 4.70. The molecule has 0 aromatic heterocycles. The topological polar surface area (TPSA) is 0 Å². The van der Waals surface area contributed by atoms with Gasteiger partial charge < -0.3 is 0 Å².